The van der Waals surface area contributed by atoms with Crippen molar-refractivity contribution in [1.29, 1.82) is 0 Å². The summed E-state index contributed by atoms with van der Waals surface area (Å²) in [5.74, 6) is -0.167. The van der Waals surface area contributed by atoms with Gasteiger partial charge in [0.2, 0.25) is 5.76 Å². The van der Waals surface area contributed by atoms with Crippen molar-refractivity contribution in [3.63, 3.8) is 0 Å². The molecule has 5 rings (SSSR count). The first-order valence-corrected chi connectivity index (χ1v) is 10.6. The normalized spacial score (nSPS) is 18.9. The highest BCUT2D eigenvalue weighted by Gasteiger charge is 2.42. The Balaban J connectivity index is 1.60. The molecular formula is C24H23FN2O5. The van der Waals surface area contributed by atoms with Crippen LogP contribution >= 0.6 is 0 Å². The Hall–Kier alpha value is -3.23. The van der Waals surface area contributed by atoms with Crippen molar-refractivity contribution in [1.82, 2.24) is 9.80 Å². The first kappa shape index (κ1) is 20.7. The monoisotopic (exact) mass is 438 g/mol. The summed E-state index contributed by atoms with van der Waals surface area (Å²) in [5.41, 5.74) is 0.832. The Kier molecular flexibility index (Phi) is 5.40. The number of nitrogens with zero attached hydrogens (tertiary/aromatic N) is 2. The standard InChI is InChI=1S/C24H23FN2O5/c1-30-17-5-2-15(3-6-17)21-20-22(28)18-14-16(25)4-7-19(18)32-23(20)24(29)27(21)9-8-26-10-12-31-13-11-26/h2-7,14,21H,8-13H2,1H3/t21-/m0/s1. The number of halogens is 1. The second kappa shape index (κ2) is 8.37. The zero-order valence-electron chi connectivity index (χ0n) is 17.7. The van der Waals surface area contributed by atoms with Crippen molar-refractivity contribution in [3.8, 4) is 5.75 Å². The molecule has 1 aromatic heterocycles. The number of morpholine rings is 1. The van der Waals surface area contributed by atoms with Gasteiger partial charge in [-0.15, -0.1) is 0 Å². The minimum Gasteiger partial charge on any atom is -0.497 e. The van der Waals surface area contributed by atoms with E-state index in [9.17, 15) is 14.0 Å². The van der Waals surface area contributed by atoms with Gasteiger partial charge in [0.05, 0.1) is 37.3 Å². The third-order valence-corrected chi connectivity index (χ3v) is 6.12. The maximum absolute atomic E-state index is 13.9. The fourth-order valence-electron chi connectivity index (χ4n) is 4.43. The van der Waals surface area contributed by atoms with Gasteiger partial charge in [-0.3, -0.25) is 14.5 Å². The maximum Gasteiger partial charge on any atom is 0.290 e. The van der Waals surface area contributed by atoms with Crippen molar-refractivity contribution in [3.05, 3.63) is 75.4 Å². The van der Waals surface area contributed by atoms with Crippen molar-refractivity contribution >= 4 is 16.9 Å². The highest BCUT2D eigenvalue weighted by molar-refractivity contribution is 5.99. The summed E-state index contributed by atoms with van der Waals surface area (Å²) in [6, 6.07) is 10.4. The predicted molar refractivity (Wildman–Crippen MR) is 116 cm³/mol. The van der Waals surface area contributed by atoms with E-state index in [1.165, 1.54) is 12.1 Å². The fourth-order valence-corrected chi connectivity index (χ4v) is 4.43. The van der Waals surface area contributed by atoms with E-state index in [2.05, 4.69) is 4.90 Å². The molecule has 1 amide bonds. The van der Waals surface area contributed by atoms with E-state index in [0.29, 0.717) is 32.1 Å². The summed E-state index contributed by atoms with van der Waals surface area (Å²) in [5, 5.41) is 0.130. The topological polar surface area (TPSA) is 72.2 Å². The van der Waals surface area contributed by atoms with Gasteiger partial charge in [-0.05, 0) is 35.9 Å². The molecule has 3 aromatic rings. The Morgan fingerprint density at radius 3 is 2.53 bits per heavy atom. The number of amides is 1. The fraction of sp³-hybridized carbons (Fsp3) is 0.333. The summed E-state index contributed by atoms with van der Waals surface area (Å²) in [7, 11) is 1.58. The van der Waals surface area contributed by atoms with E-state index >= 15 is 0 Å². The van der Waals surface area contributed by atoms with Gasteiger partial charge in [0.15, 0.2) is 5.43 Å². The lowest BCUT2D eigenvalue weighted by Gasteiger charge is -2.31. The molecule has 2 aromatic carbocycles. The Morgan fingerprint density at radius 2 is 1.81 bits per heavy atom. The van der Waals surface area contributed by atoms with E-state index in [0.717, 1.165) is 24.7 Å². The highest BCUT2D eigenvalue weighted by Crippen LogP contribution is 2.38. The third-order valence-electron chi connectivity index (χ3n) is 6.12. The lowest BCUT2D eigenvalue weighted by Crippen LogP contribution is -2.42. The summed E-state index contributed by atoms with van der Waals surface area (Å²) < 4.78 is 30.4. The molecule has 3 heterocycles. The quantitative estimate of drug-likeness (QED) is 0.610. The number of fused-ring (bicyclic) bond motifs is 2. The molecule has 0 aliphatic carbocycles. The molecular weight excluding hydrogens is 415 g/mol. The Labute approximate surface area is 183 Å². The van der Waals surface area contributed by atoms with Crippen molar-refractivity contribution in [2.75, 3.05) is 46.5 Å². The van der Waals surface area contributed by atoms with Crippen LogP contribution in [-0.2, 0) is 4.74 Å². The molecule has 2 aliphatic rings. The highest BCUT2D eigenvalue weighted by atomic mass is 19.1. The van der Waals surface area contributed by atoms with Gasteiger partial charge in [-0.25, -0.2) is 4.39 Å². The van der Waals surface area contributed by atoms with E-state index in [1.54, 1.807) is 24.1 Å². The van der Waals surface area contributed by atoms with Crippen LogP contribution in [0.15, 0.2) is 51.7 Å². The average molecular weight is 438 g/mol. The molecule has 7 nitrogen and oxygen atoms in total. The average Bonchev–Trinajstić information content (AvgIpc) is 3.10. The van der Waals surface area contributed by atoms with Crippen LogP contribution in [0, 0.1) is 5.82 Å². The number of carbonyl (C=O) groups is 1. The first-order valence-electron chi connectivity index (χ1n) is 10.6. The molecule has 8 heteroatoms. The van der Waals surface area contributed by atoms with Crippen LogP contribution in [0.1, 0.15) is 27.7 Å². The number of methoxy groups -OCH3 is 1. The van der Waals surface area contributed by atoms with E-state index in [1.807, 2.05) is 12.1 Å². The molecule has 0 spiro atoms. The minimum absolute atomic E-state index is 0.0249. The molecule has 32 heavy (non-hydrogen) atoms. The smallest absolute Gasteiger partial charge is 0.290 e. The predicted octanol–water partition coefficient (Wildman–Crippen LogP) is 2.82. The summed E-state index contributed by atoms with van der Waals surface area (Å²) in [6.07, 6.45) is 0. The second-order valence-corrected chi connectivity index (χ2v) is 7.94. The zero-order valence-corrected chi connectivity index (χ0v) is 17.7. The van der Waals surface area contributed by atoms with Gasteiger partial charge in [0.25, 0.3) is 5.91 Å². The Morgan fingerprint density at radius 1 is 1.06 bits per heavy atom. The molecule has 0 N–H and O–H groups in total. The van der Waals surface area contributed by atoms with Crippen LogP contribution < -0.4 is 10.2 Å². The van der Waals surface area contributed by atoms with Gasteiger partial charge >= 0.3 is 0 Å². The van der Waals surface area contributed by atoms with Crippen LogP contribution in [0.3, 0.4) is 0 Å². The van der Waals surface area contributed by atoms with Gasteiger partial charge in [0.1, 0.15) is 17.1 Å². The van der Waals surface area contributed by atoms with Crippen molar-refractivity contribution in [2.24, 2.45) is 0 Å². The number of benzene rings is 2. The zero-order chi connectivity index (χ0) is 22.2. The van der Waals surface area contributed by atoms with Crippen molar-refractivity contribution in [2.45, 2.75) is 6.04 Å². The number of ether oxygens (including phenoxy) is 2. The number of hydrogen-bond acceptors (Lipinski definition) is 6. The van der Waals surface area contributed by atoms with Crippen LogP contribution in [0.5, 0.6) is 5.75 Å². The van der Waals surface area contributed by atoms with Gasteiger partial charge in [0, 0.05) is 26.2 Å². The molecule has 166 valence electrons. The molecule has 1 saturated heterocycles. The molecule has 0 radical (unpaired) electrons. The van der Waals surface area contributed by atoms with E-state index in [-0.39, 0.29) is 33.6 Å². The number of rotatable bonds is 5. The minimum atomic E-state index is -0.617. The van der Waals surface area contributed by atoms with Gasteiger partial charge < -0.3 is 18.8 Å². The SMILES string of the molecule is COc1ccc([C@H]2c3c(oc4ccc(F)cc4c3=O)C(=O)N2CCN2CCOCC2)cc1. The molecule has 1 atom stereocenters. The largest absolute Gasteiger partial charge is 0.497 e. The lowest BCUT2D eigenvalue weighted by atomic mass is 9.98. The van der Waals surface area contributed by atoms with Gasteiger partial charge in [-0.2, -0.15) is 0 Å². The van der Waals surface area contributed by atoms with E-state index in [4.69, 9.17) is 13.9 Å². The van der Waals surface area contributed by atoms with Crippen LogP contribution in [0.4, 0.5) is 4.39 Å². The summed E-state index contributed by atoms with van der Waals surface area (Å²) in [4.78, 5) is 30.7. The third kappa shape index (κ3) is 3.55. The first-order chi connectivity index (χ1) is 15.6. The van der Waals surface area contributed by atoms with E-state index < -0.39 is 11.9 Å². The molecule has 0 bridgehead atoms. The lowest BCUT2D eigenvalue weighted by molar-refractivity contribution is 0.0314. The van der Waals surface area contributed by atoms with Gasteiger partial charge in [-0.1, -0.05) is 12.1 Å². The van der Waals surface area contributed by atoms with Crippen LogP contribution in [-0.4, -0.2) is 62.2 Å². The Bertz CT molecular complexity index is 1220. The van der Waals surface area contributed by atoms with Crippen LogP contribution in [0.2, 0.25) is 0 Å². The summed E-state index contributed by atoms with van der Waals surface area (Å²) >= 11 is 0. The molecule has 2 aliphatic heterocycles. The maximum atomic E-state index is 13.9. The summed E-state index contributed by atoms with van der Waals surface area (Å²) in [6.45, 7) is 3.98. The van der Waals surface area contributed by atoms with Crippen LogP contribution in [0.25, 0.3) is 11.0 Å². The number of hydrogen-bond donors (Lipinski definition) is 0. The second-order valence-electron chi connectivity index (χ2n) is 7.94. The molecule has 0 unspecified atom stereocenters. The molecule has 1 fully saturated rings. The number of carbonyl (C=O) groups excluding carboxylic acids is 1. The van der Waals surface area contributed by atoms with Crippen molar-refractivity contribution < 1.29 is 23.1 Å². The molecule has 0 saturated carbocycles.